The lowest BCUT2D eigenvalue weighted by molar-refractivity contribution is -0.146. The minimum absolute atomic E-state index is 0.239. The molecule has 0 unspecified atom stereocenters. The Labute approximate surface area is 106 Å². The third kappa shape index (κ3) is 1.98. The van der Waals surface area contributed by atoms with Crippen molar-refractivity contribution in [2.75, 3.05) is 7.11 Å². The predicted octanol–water partition coefficient (Wildman–Crippen LogP) is 2.58. The van der Waals surface area contributed by atoms with Crippen LogP contribution in [0.2, 0.25) is 0 Å². The van der Waals surface area contributed by atoms with Crippen LogP contribution in [0.1, 0.15) is 32.2 Å². The first-order chi connectivity index (χ1) is 8.48. The van der Waals surface area contributed by atoms with Gasteiger partial charge < -0.3 is 9.72 Å². The molecule has 1 N–H and O–H groups in total. The SMILES string of the molecule is CCc1nc2ccc(C(C)(C)C(=O)OC)cc2[nH]1. The van der Waals surface area contributed by atoms with E-state index in [2.05, 4.69) is 16.9 Å². The van der Waals surface area contributed by atoms with E-state index >= 15 is 0 Å². The molecular formula is C14H18N2O2. The molecule has 1 aromatic heterocycles. The van der Waals surface area contributed by atoms with Gasteiger partial charge in [0.1, 0.15) is 5.82 Å². The van der Waals surface area contributed by atoms with Crippen LogP contribution >= 0.6 is 0 Å². The molecule has 0 atom stereocenters. The number of carbonyl (C=O) groups excluding carboxylic acids is 1. The first kappa shape index (κ1) is 12.6. The number of nitrogens with one attached hydrogen (secondary N) is 1. The second kappa shape index (κ2) is 4.44. The number of carbonyl (C=O) groups is 1. The lowest BCUT2D eigenvalue weighted by atomic mass is 9.84. The fraction of sp³-hybridized carbons (Fsp3) is 0.429. The number of aromatic nitrogens is 2. The number of rotatable bonds is 3. The summed E-state index contributed by atoms with van der Waals surface area (Å²) in [7, 11) is 1.41. The zero-order valence-electron chi connectivity index (χ0n) is 11.2. The normalized spacial score (nSPS) is 11.8. The van der Waals surface area contributed by atoms with Crippen molar-refractivity contribution in [3.8, 4) is 0 Å². The fourth-order valence-electron chi connectivity index (χ4n) is 1.99. The van der Waals surface area contributed by atoms with Crippen LogP contribution < -0.4 is 0 Å². The van der Waals surface area contributed by atoms with Gasteiger partial charge in [0.25, 0.3) is 0 Å². The lowest BCUT2D eigenvalue weighted by Gasteiger charge is -2.21. The van der Waals surface area contributed by atoms with Crippen molar-refractivity contribution in [3.05, 3.63) is 29.6 Å². The van der Waals surface area contributed by atoms with Gasteiger partial charge in [0.05, 0.1) is 23.6 Å². The largest absolute Gasteiger partial charge is 0.468 e. The Balaban J connectivity index is 2.49. The van der Waals surface area contributed by atoms with E-state index in [0.717, 1.165) is 28.8 Å². The van der Waals surface area contributed by atoms with Crippen molar-refractivity contribution in [1.82, 2.24) is 9.97 Å². The number of nitrogens with zero attached hydrogens (tertiary/aromatic N) is 1. The quantitative estimate of drug-likeness (QED) is 0.847. The van der Waals surface area contributed by atoms with E-state index in [4.69, 9.17) is 4.74 Å². The zero-order valence-corrected chi connectivity index (χ0v) is 11.2. The summed E-state index contributed by atoms with van der Waals surface area (Å²) >= 11 is 0. The number of esters is 1. The molecule has 0 bridgehead atoms. The van der Waals surface area contributed by atoms with Crippen LogP contribution in [-0.2, 0) is 21.4 Å². The molecule has 0 spiro atoms. The Bertz CT molecular complexity index is 584. The van der Waals surface area contributed by atoms with Crippen molar-refractivity contribution in [2.45, 2.75) is 32.6 Å². The van der Waals surface area contributed by atoms with E-state index in [1.807, 2.05) is 32.0 Å². The van der Waals surface area contributed by atoms with Gasteiger partial charge in [0, 0.05) is 6.42 Å². The summed E-state index contributed by atoms with van der Waals surface area (Å²) in [6.07, 6.45) is 0.865. The molecule has 0 amide bonds. The van der Waals surface area contributed by atoms with Crippen molar-refractivity contribution in [2.24, 2.45) is 0 Å². The summed E-state index contributed by atoms with van der Waals surface area (Å²) in [6.45, 7) is 5.77. The molecule has 1 aromatic carbocycles. The number of aromatic amines is 1. The van der Waals surface area contributed by atoms with Gasteiger partial charge >= 0.3 is 5.97 Å². The maximum absolute atomic E-state index is 11.8. The van der Waals surface area contributed by atoms with Gasteiger partial charge in [-0.15, -0.1) is 0 Å². The molecule has 0 fully saturated rings. The molecule has 0 aliphatic rings. The molecule has 0 saturated heterocycles. The summed E-state index contributed by atoms with van der Waals surface area (Å²) in [5.74, 6) is 0.718. The van der Waals surface area contributed by atoms with Crippen molar-refractivity contribution < 1.29 is 9.53 Å². The number of aryl methyl sites for hydroxylation is 1. The number of methoxy groups -OCH3 is 1. The van der Waals surface area contributed by atoms with Crippen LogP contribution in [0.25, 0.3) is 11.0 Å². The van der Waals surface area contributed by atoms with Gasteiger partial charge in [-0.3, -0.25) is 4.79 Å². The molecule has 2 rings (SSSR count). The minimum atomic E-state index is -0.652. The molecule has 0 aliphatic carbocycles. The Kier molecular flexibility index (Phi) is 3.11. The summed E-state index contributed by atoms with van der Waals surface area (Å²) < 4.78 is 4.84. The van der Waals surface area contributed by atoms with Gasteiger partial charge in [-0.05, 0) is 31.5 Å². The highest BCUT2D eigenvalue weighted by Crippen LogP contribution is 2.27. The van der Waals surface area contributed by atoms with Crippen molar-refractivity contribution in [1.29, 1.82) is 0 Å². The molecule has 0 radical (unpaired) electrons. The third-order valence-electron chi connectivity index (χ3n) is 3.28. The molecular weight excluding hydrogens is 228 g/mol. The Morgan fingerprint density at radius 1 is 1.44 bits per heavy atom. The van der Waals surface area contributed by atoms with E-state index < -0.39 is 5.41 Å². The van der Waals surface area contributed by atoms with Crippen LogP contribution in [-0.4, -0.2) is 23.0 Å². The van der Waals surface area contributed by atoms with Crippen LogP contribution in [0.3, 0.4) is 0 Å². The maximum atomic E-state index is 11.8. The molecule has 2 aromatic rings. The second-order valence-corrected chi connectivity index (χ2v) is 4.89. The van der Waals surface area contributed by atoms with E-state index in [1.54, 1.807) is 0 Å². The van der Waals surface area contributed by atoms with E-state index in [9.17, 15) is 4.79 Å². The lowest BCUT2D eigenvalue weighted by Crippen LogP contribution is -2.30. The average Bonchev–Trinajstić information content (AvgIpc) is 2.79. The number of ether oxygens (including phenoxy) is 1. The van der Waals surface area contributed by atoms with Crippen LogP contribution in [0, 0.1) is 0 Å². The van der Waals surface area contributed by atoms with Crippen LogP contribution in [0.5, 0.6) is 0 Å². The second-order valence-electron chi connectivity index (χ2n) is 4.89. The molecule has 4 nitrogen and oxygen atoms in total. The number of H-pyrrole nitrogens is 1. The highest BCUT2D eigenvalue weighted by atomic mass is 16.5. The molecule has 18 heavy (non-hydrogen) atoms. The predicted molar refractivity (Wildman–Crippen MR) is 70.5 cm³/mol. The number of hydrogen-bond donors (Lipinski definition) is 1. The van der Waals surface area contributed by atoms with E-state index in [-0.39, 0.29) is 5.97 Å². The molecule has 1 heterocycles. The summed E-state index contributed by atoms with van der Waals surface area (Å²) in [5.41, 5.74) is 2.16. The fourth-order valence-corrected chi connectivity index (χ4v) is 1.99. The minimum Gasteiger partial charge on any atom is -0.468 e. The van der Waals surface area contributed by atoms with Gasteiger partial charge in [0.2, 0.25) is 0 Å². The van der Waals surface area contributed by atoms with Crippen molar-refractivity contribution in [3.63, 3.8) is 0 Å². The highest BCUT2D eigenvalue weighted by molar-refractivity contribution is 5.85. The first-order valence-electron chi connectivity index (χ1n) is 6.06. The smallest absolute Gasteiger partial charge is 0.315 e. The van der Waals surface area contributed by atoms with Crippen LogP contribution in [0.4, 0.5) is 0 Å². The number of hydrogen-bond acceptors (Lipinski definition) is 3. The Hall–Kier alpha value is -1.84. The molecule has 96 valence electrons. The average molecular weight is 246 g/mol. The molecule has 4 heteroatoms. The van der Waals surface area contributed by atoms with Gasteiger partial charge in [-0.1, -0.05) is 13.0 Å². The summed E-state index contributed by atoms with van der Waals surface area (Å²) in [5, 5.41) is 0. The van der Waals surface area contributed by atoms with Gasteiger partial charge in [-0.25, -0.2) is 4.98 Å². The number of benzene rings is 1. The van der Waals surface area contributed by atoms with E-state index in [0.29, 0.717) is 0 Å². The number of imidazole rings is 1. The third-order valence-corrected chi connectivity index (χ3v) is 3.28. The van der Waals surface area contributed by atoms with Crippen molar-refractivity contribution >= 4 is 17.0 Å². The van der Waals surface area contributed by atoms with E-state index in [1.165, 1.54) is 7.11 Å². The monoisotopic (exact) mass is 246 g/mol. The summed E-state index contributed by atoms with van der Waals surface area (Å²) in [4.78, 5) is 19.5. The Morgan fingerprint density at radius 2 is 2.17 bits per heavy atom. The number of fused-ring (bicyclic) bond motifs is 1. The summed E-state index contributed by atoms with van der Waals surface area (Å²) in [6, 6.07) is 5.84. The highest BCUT2D eigenvalue weighted by Gasteiger charge is 2.31. The van der Waals surface area contributed by atoms with Gasteiger partial charge in [0.15, 0.2) is 0 Å². The molecule has 0 saturated carbocycles. The molecule has 0 aliphatic heterocycles. The Morgan fingerprint density at radius 3 is 2.78 bits per heavy atom. The topological polar surface area (TPSA) is 55.0 Å². The van der Waals surface area contributed by atoms with Crippen LogP contribution in [0.15, 0.2) is 18.2 Å². The van der Waals surface area contributed by atoms with Gasteiger partial charge in [-0.2, -0.15) is 0 Å². The first-order valence-corrected chi connectivity index (χ1v) is 6.06. The standard InChI is InChI=1S/C14H18N2O2/c1-5-12-15-10-7-6-9(8-11(10)16-12)14(2,3)13(17)18-4/h6-8H,5H2,1-4H3,(H,15,16). The zero-order chi connectivity index (χ0) is 13.3. The maximum Gasteiger partial charge on any atom is 0.315 e.